The summed E-state index contributed by atoms with van der Waals surface area (Å²) in [5.74, 6) is 0.729. The molecule has 0 spiro atoms. The molecule has 0 radical (unpaired) electrons. The second-order valence-electron chi connectivity index (χ2n) is 3.56. The Kier molecular flexibility index (Phi) is 4.33. The summed E-state index contributed by atoms with van der Waals surface area (Å²) in [6.45, 7) is 7.53. The summed E-state index contributed by atoms with van der Waals surface area (Å²) >= 11 is 0. The maximum absolute atomic E-state index is 4.14. The minimum absolute atomic E-state index is 0.729. The Labute approximate surface area is 75.4 Å². The molecule has 0 aromatic heterocycles. The largest absolute Gasteiger partial charge is 0.319 e. The lowest BCUT2D eigenvalue weighted by molar-refractivity contribution is 0.414. The second-order valence-corrected chi connectivity index (χ2v) is 3.56. The molecule has 0 aromatic carbocycles. The van der Waals surface area contributed by atoms with Crippen LogP contribution >= 0.6 is 0 Å². The molecule has 2 nitrogen and oxygen atoms in total. The van der Waals surface area contributed by atoms with E-state index < -0.39 is 0 Å². The van der Waals surface area contributed by atoms with Crippen LogP contribution < -0.4 is 10.6 Å². The van der Waals surface area contributed by atoms with Gasteiger partial charge in [0.15, 0.2) is 0 Å². The lowest BCUT2D eigenvalue weighted by atomic mass is 9.90. The minimum atomic E-state index is 0.729. The number of hydrogen-bond acceptors (Lipinski definition) is 2. The molecule has 0 aliphatic carbocycles. The third-order valence-corrected chi connectivity index (χ3v) is 2.57. The first-order chi connectivity index (χ1) is 5.84. The van der Waals surface area contributed by atoms with Gasteiger partial charge in [-0.2, -0.15) is 0 Å². The minimum Gasteiger partial charge on any atom is -0.319 e. The van der Waals surface area contributed by atoms with Gasteiger partial charge >= 0.3 is 0 Å². The van der Waals surface area contributed by atoms with E-state index in [1.165, 1.54) is 25.0 Å². The molecule has 1 aliphatic rings. The van der Waals surface area contributed by atoms with Crippen molar-refractivity contribution in [2.24, 2.45) is 5.92 Å². The Balaban J connectivity index is 2.20. The third-order valence-electron chi connectivity index (χ3n) is 2.57. The van der Waals surface area contributed by atoms with E-state index >= 15 is 0 Å². The summed E-state index contributed by atoms with van der Waals surface area (Å²) in [4.78, 5) is 0. The quantitative estimate of drug-likeness (QED) is 0.615. The van der Waals surface area contributed by atoms with Gasteiger partial charge in [0.1, 0.15) is 0 Å². The van der Waals surface area contributed by atoms with E-state index in [-0.39, 0.29) is 0 Å². The predicted molar refractivity (Wildman–Crippen MR) is 53.3 cm³/mol. The fourth-order valence-corrected chi connectivity index (χ4v) is 1.69. The first-order valence-electron chi connectivity index (χ1n) is 4.87. The van der Waals surface area contributed by atoms with Crippen LogP contribution in [0.1, 0.15) is 19.3 Å². The van der Waals surface area contributed by atoms with E-state index in [0.717, 1.165) is 25.4 Å². The number of piperidine rings is 1. The van der Waals surface area contributed by atoms with Gasteiger partial charge in [0.25, 0.3) is 0 Å². The van der Waals surface area contributed by atoms with E-state index in [1.54, 1.807) is 0 Å². The Morgan fingerprint density at radius 1 is 1.67 bits per heavy atom. The molecular weight excluding hydrogens is 148 g/mol. The Bertz CT molecular complexity index is 137. The van der Waals surface area contributed by atoms with E-state index in [4.69, 9.17) is 0 Å². The standard InChI is InChI=1S/C10H20N2/c1-9(5-7-11-2)10-4-3-6-12-8-10/h10-12H,1,3-8H2,2H3. The summed E-state index contributed by atoms with van der Waals surface area (Å²) in [5, 5.41) is 6.57. The highest BCUT2D eigenvalue weighted by atomic mass is 14.9. The smallest absolute Gasteiger partial charge is 0.00168 e. The van der Waals surface area contributed by atoms with Gasteiger partial charge in [-0.1, -0.05) is 12.2 Å². The fraction of sp³-hybridized carbons (Fsp3) is 0.800. The van der Waals surface area contributed by atoms with Crippen LogP contribution in [0.2, 0.25) is 0 Å². The second kappa shape index (κ2) is 5.33. The molecule has 1 aliphatic heterocycles. The molecule has 2 heteroatoms. The van der Waals surface area contributed by atoms with E-state index in [0.29, 0.717) is 0 Å². The monoisotopic (exact) mass is 168 g/mol. The van der Waals surface area contributed by atoms with Crippen LogP contribution in [0.25, 0.3) is 0 Å². The van der Waals surface area contributed by atoms with Crippen LogP contribution in [0, 0.1) is 5.92 Å². The van der Waals surface area contributed by atoms with Crippen molar-refractivity contribution in [2.75, 3.05) is 26.7 Å². The molecule has 0 aromatic rings. The Morgan fingerprint density at radius 2 is 2.50 bits per heavy atom. The van der Waals surface area contributed by atoms with E-state index in [2.05, 4.69) is 17.2 Å². The maximum atomic E-state index is 4.14. The maximum Gasteiger partial charge on any atom is 0.00168 e. The molecule has 1 heterocycles. The molecule has 0 bridgehead atoms. The van der Waals surface area contributed by atoms with Gasteiger partial charge in [0.05, 0.1) is 0 Å². The molecule has 12 heavy (non-hydrogen) atoms. The summed E-state index contributed by atoms with van der Waals surface area (Å²) in [6, 6.07) is 0. The van der Waals surface area contributed by atoms with E-state index in [1.807, 2.05) is 7.05 Å². The van der Waals surface area contributed by atoms with Crippen molar-refractivity contribution < 1.29 is 0 Å². The molecule has 0 amide bonds. The average molecular weight is 168 g/mol. The zero-order valence-corrected chi connectivity index (χ0v) is 8.03. The summed E-state index contributed by atoms with van der Waals surface area (Å²) < 4.78 is 0. The highest BCUT2D eigenvalue weighted by Gasteiger charge is 2.14. The summed E-state index contributed by atoms with van der Waals surface area (Å²) in [6.07, 6.45) is 3.77. The lowest BCUT2D eigenvalue weighted by Crippen LogP contribution is -2.31. The molecule has 1 rings (SSSR count). The highest BCUT2D eigenvalue weighted by molar-refractivity contribution is 5.03. The zero-order valence-electron chi connectivity index (χ0n) is 8.03. The Hall–Kier alpha value is -0.340. The predicted octanol–water partition coefficient (Wildman–Crippen LogP) is 1.15. The van der Waals surface area contributed by atoms with Crippen molar-refractivity contribution >= 4 is 0 Å². The molecule has 1 fully saturated rings. The van der Waals surface area contributed by atoms with Gasteiger partial charge in [-0.3, -0.25) is 0 Å². The average Bonchev–Trinajstić information content (AvgIpc) is 2.15. The zero-order chi connectivity index (χ0) is 8.81. The SMILES string of the molecule is C=C(CCNC)C1CCCNC1. The van der Waals surface area contributed by atoms with Crippen LogP contribution in [-0.4, -0.2) is 26.7 Å². The van der Waals surface area contributed by atoms with Crippen LogP contribution in [0.5, 0.6) is 0 Å². The van der Waals surface area contributed by atoms with Gasteiger partial charge < -0.3 is 10.6 Å². The molecule has 1 atom stereocenters. The third kappa shape index (κ3) is 2.95. The topological polar surface area (TPSA) is 24.1 Å². The van der Waals surface area contributed by atoms with Gasteiger partial charge in [0.2, 0.25) is 0 Å². The number of hydrogen-bond donors (Lipinski definition) is 2. The first kappa shape index (κ1) is 9.75. The number of rotatable bonds is 4. The molecule has 2 N–H and O–H groups in total. The molecule has 70 valence electrons. The van der Waals surface area contributed by atoms with Crippen molar-refractivity contribution in [3.63, 3.8) is 0 Å². The first-order valence-corrected chi connectivity index (χ1v) is 4.87. The summed E-state index contributed by atoms with van der Waals surface area (Å²) in [7, 11) is 1.99. The molecule has 1 saturated heterocycles. The highest BCUT2D eigenvalue weighted by Crippen LogP contribution is 2.19. The molecule has 0 saturated carbocycles. The van der Waals surface area contributed by atoms with Gasteiger partial charge in [-0.25, -0.2) is 0 Å². The summed E-state index contributed by atoms with van der Waals surface area (Å²) in [5.41, 5.74) is 1.41. The Morgan fingerprint density at radius 3 is 3.08 bits per heavy atom. The molecular formula is C10H20N2. The van der Waals surface area contributed by atoms with Crippen molar-refractivity contribution in [2.45, 2.75) is 19.3 Å². The normalized spacial score (nSPS) is 23.9. The number of nitrogens with one attached hydrogen (secondary N) is 2. The van der Waals surface area contributed by atoms with Gasteiger partial charge in [0, 0.05) is 6.54 Å². The van der Waals surface area contributed by atoms with Crippen LogP contribution in [0.4, 0.5) is 0 Å². The van der Waals surface area contributed by atoms with Crippen LogP contribution in [-0.2, 0) is 0 Å². The van der Waals surface area contributed by atoms with Crippen molar-refractivity contribution in [3.05, 3.63) is 12.2 Å². The fourth-order valence-electron chi connectivity index (χ4n) is 1.69. The lowest BCUT2D eigenvalue weighted by Gasteiger charge is -2.24. The van der Waals surface area contributed by atoms with Crippen molar-refractivity contribution in [1.82, 2.24) is 10.6 Å². The van der Waals surface area contributed by atoms with Crippen LogP contribution in [0.3, 0.4) is 0 Å². The van der Waals surface area contributed by atoms with E-state index in [9.17, 15) is 0 Å². The molecule has 1 unspecified atom stereocenters. The van der Waals surface area contributed by atoms with Crippen molar-refractivity contribution in [3.8, 4) is 0 Å². The van der Waals surface area contributed by atoms with Gasteiger partial charge in [-0.15, -0.1) is 0 Å². The van der Waals surface area contributed by atoms with Crippen LogP contribution in [0.15, 0.2) is 12.2 Å². The van der Waals surface area contributed by atoms with Crippen molar-refractivity contribution in [1.29, 1.82) is 0 Å². The van der Waals surface area contributed by atoms with Gasteiger partial charge in [-0.05, 0) is 45.3 Å².